The fourth-order valence-corrected chi connectivity index (χ4v) is 5.44. The van der Waals surface area contributed by atoms with Crippen molar-refractivity contribution in [2.24, 2.45) is 17.8 Å². The molecule has 0 aromatic heterocycles. The van der Waals surface area contributed by atoms with Crippen LogP contribution in [-0.4, -0.2) is 53.2 Å². The van der Waals surface area contributed by atoms with E-state index in [1.54, 1.807) is 7.11 Å². The highest BCUT2D eigenvalue weighted by atomic mass is 28.4. The van der Waals surface area contributed by atoms with Crippen LogP contribution in [0.3, 0.4) is 0 Å². The molecule has 0 radical (unpaired) electrons. The van der Waals surface area contributed by atoms with Gasteiger partial charge in [0.25, 0.3) is 0 Å². The summed E-state index contributed by atoms with van der Waals surface area (Å²) in [6.07, 6.45) is 4.87. The van der Waals surface area contributed by atoms with E-state index in [1.807, 2.05) is 6.08 Å². The first kappa shape index (κ1) is 29.6. The van der Waals surface area contributed by atoms with Crippen molar-refractivity contribution in [3.05, 3.63) is 12.2 Å². The minimum Gasteiger partial charge on any atom is -0.403 e. The smallest absolute Gasteiger partial charge is 0.193 e. The van der Waals surface area contributed by atoms with E-state index in [2.05, 4.69) is 91.8 Å². The van der Waals surface area contributed by atoms with Gasteiger partial charge in [-0.3, -0.25) is 0 Å². The number of hydrogen-bond acceptors (Lipinski definition) is 4. The second-order valence-corrected chi connectivity index (χ2v) is 21.8. The zero-order valence-electron chi connectivity index (χ0n) is 22.8. The average molecular weight is 483 g/mol. The van der Waals surface area contributed by atoms with Gasteiger partial charge in [0, 0.05) is 18.9 Å². The van der Waals surface area contributed by atoms with Gasteiger partial charge in [-0.15, -0.1) is 5.54 Å². The third-order valence-electron chi connectivity index (χ3n) is 6.99. The Kier molecular flexibility index (Phi) is 10.9. The lowest BCUT2D eigenvalue weighted by Crippen LogP contribution is -2.47. The lowest BCUT2D eigenvalue weighted by Gasteiger charge is -2.40. The maximum absolute atomic E-state index is 11.1. The van der Waals surface area contributed by atoms with Gasteiger partial charge in [0.2, 0.25) is 0 Å². The summed E-state index contributed by atoms with van der Waals surface area (Å²) in [5, 5.41) is 11.2. The highest BCUT2D eigenvalue weighted by Crippen LogP contribution is 2.38. The Labute approximate surface area is 200 Å². The normalized spacial score (nSPS) is 26.1. The van der Waals surface area contributed by atoms with E-state index in [0.29, 0.717) is 18.3 Å². The molecule has 0 saturated carbocycles. The third kappa shape index (κ3) is 9.08. The highest BCUT2D eigenvalue weighted by Gasteiger charge is 2.41. The molecular weight excluding hydrogens is 432 g/mol. The van der Waals surface area contributed by atoms with Crippen LogP contribution in [0.15, 0.2) is 12.2 Å². The molecule has 0 amide bonds. The van der Waals surface area contributed by atoms with E-state index in [1.165, 1.54) is 0 Å². The molecule has 0 spiro atoms. The molecule has 0 fully saturated rings. The first-order valence-corrected chi connectivity index (χ1v) is 18.6. The lowest BCUT2D eigenvalue weighted by atomic mass is 9.85. The maximum atomic E-state index is 11.1. The summed E-state index contributed by atoms with van der Waals surface area (Å²) in [4.78, 5) is 0. The Morgan fingerprint density at radius 2 is 1.66 bits per heavy atom. The van der Waals surface area contributed by atoms with E-state index in [0.717, 1.165) is 6.42 Å². The van der Waals surface area contributed by atoms with E-state index in [4.69, 9.17) is 13.9 Å². The van der Waals surface area contributed by atoms with Crippen molar-refractivity contribution in [1.82, 2.24) is 0 Å². The van der Waals surface area contributed by atoms with Crippen LogP contribution < -0.4 is 0 Å². The minimum atomic E-state index is -2.01. The van der Waals surface area contributed by atoms with Crippen molar-refractivity contribution in [2.45, 2.75) is 117 Å². The molecule has 1 heterocycles. The van der Waals surface area contributed by atoms with Crippen molar-refractivity contribution < 1.29 is 19.0 Å². The van der Waals surface area contributed by atoms with Gasteiger partial charge < -0.3 is 19.0 Å². The van der Waals surface area contributed by atoms with Crippen LogP contribution in [-0.2, 0) is 13.9 Å². The fraction of sp³-hybridized carbons (Fsp3) is 0.846. The van der Waals surface area contributed by atoms with Crippen molar-refractivity contribution >= 4 is 16.4 Å². The van der Waals surface area contributed by atoms with Crippen molar-refractivity contribution in [1.29, 1.82) is 0 Å². The largest absolute Gasteiger partial charge is 0.403 e. The van der Waals surface area contributed by atoms with Crippen LogP contribution in [0.5, 0.6) is 0 Å². The van der Waals surface area contributed by atoms with Gasteiger partial charge in [-0.2, -0.15) is 0 Å². The molecule has 0 aliphatic carbocycles. The van der Waals surface area contributed by atoms with Crippen LogP contribution in [0.2, 0.25) is 37.8 Å². The number of aliphatic hydroxyl groups is 1. The fourth-order valence-electron chi connectivity index (χ4n) is 3.60. The summed E-state index contributed by atoms with van der Waals surface area (Å²) in [5.74, 6) is 4.07. The van der Waals surface area contributed by atoms with Gasteiger partial charge in [-0.1, -0.05) is 73.2 Å². The van der Waals surface area contributed by atoms with Gasteiger partial charge in [0.05, 0.1) is 12.2 Å². The Balaban J connectivity index is 2.88. The molecule has 4 nitrogen and oxygen atoms in total. The molecule has 0 saturated heterocycles. The molecule has 0 aromatic carbocycles. The third-order valence-corrected chi connectivity index (χ3v) is 12.3. The van der Waals surface area contributed by atoms with Crippen molar-refractivity contribution in [3.63, 3.8) is 0 Å². The first-order chi connectivity index (χ1) is 14.5. The summed E-state index contributed by atoms with van der Waals surface area (Å²) >= 11 is 0. The van der Waals surface area contributed by atoms with Crippen LogP contribution in [0.25, 0.3) is 0 Å². The quantitative estimate of drug-likeness (QED) is 0.240. The molecule has 1 rings (SSSR count). The minimum absolute atomic E-state index is 0.0449. The monoisotopic (exact) mass is 482 g/mol. The number of rotatable bonds is 9. The molecule has 1 aliphatic rings. The highest BCUT2D eigenvalue weighted by molar-refractivity contribution is 6.83. The van der Waals surface area contributed by atoms with Crippen LogP contribution in [0.4, 0.5) is 0 Å². The number of methoxy groups -OCH3 is 1. The van der Waals surface area contributed by atoms with E-state index in [-0.39, 0.29) is 29.5 Å². The standard InChI is InChI=1S/C26H50O4Si2/c1-19(25-20(2)14-16-24(28-7)29-25)13-15-22(27)21(3)23(17-18-31(8,9)10)30-32(11,12)26(4,5)6/h14,16,19-25,27H,13,15H2,1-12H3/t19-,20-,21+,22-,23-,24+,25-/m0/s1. The van der Waals surface area contributed by atoms with E-state index >= 15 is 0 Å². The molecule has 7 atom stereocenters. The Morgan fingerprint density at radius 1 is 1.06 bits per heavy atom. The molecule has 0 unspecified atom stereocenters. The zero-order chi connectivity index (χ0) is 24.9. The van der Waals surface area contributed by atoms with Gasteiger partial charge >= 0.3 is 0 Å². The number of aliphatic hydroxyl groups excluding tert-OH is 1. The topological polar surface area (TPSA) is 47.9 Å². The number of ether oxygens (including phenoxy) is 2. The summed E-state index contributed by atoms with van der Waals surface area (Å²) < 4.78 is 18.2. The predicted octanol–water partition coefficient (Wildman–Crippen LogP) is 6.23. The van der Waals surface area contributed by atoms with Crippen molar-refractivity contribution in [3.8, 4) is 11.5 Å². The second-order valence-electron chi connectivity index (χ2n) is 12.2. The molecule has 186 valence electrons. The van der Waals surface area contributed by atoms with Crippen LogP contribution in [0.1, 0.15) is 54.4 Å². The first-order valence-electron chi connectivity index (χ1n) is 12.2. The Bertz CT molecular complexity index is 666. The molecule has 0 aromatic rings. The summed E-state index contributed by atoms with van der Waals surface area (Å²) in [7, 11) is -1.88. The van der Waals surface area contributed by atoms with E-state index < -0.39 is 22.5 Å². The summed E-state index contributed by atoms with van der Waals surface area (Å²) in [5.41, 5.74) is 3.50. The molecule has 1 N–H and O–H groups in total. The predicted molar refractivity (Wildman–Crippen MR) is 141 cm³/mol. The van der Waals surface area contributed by atoms with Gasteiger partial charge in [0.15, 0.2) is 14.6 Å². The van der Waals surface area contributed by atoms with Crippen LogP contribution in [0, 0.1) is 29.2 Å². The average Bonchev–Trinajstić information content (AvgIpc) is 2.67. The molecule has 0 bridgehead atoms. The molecule has 1 aliphatic heterocycles. The SMILES string of the molecule is CO[C@H]1C=C[C@H](C)[C@H]([C@@H](C)CC[C@H](O)[C@@H](C)[C@H](C#C[Si](C)(C)C)O[Si](C)(C)C(C)(C)C)O1. The maximum Gasteiger partial charge on any atom is 0.193 e. The van der Waals surface area contributed by atoms with Crippen LogP contribution >= 0.6 is 0 Å². The van der Waals surface area contributed by atoms with Gasteiger partial charge in [-0.05, 0) is 43.0 Å². The molecule has 6 heteroatoms. The van der Waals surface area contributed by atoms with Gasteiger partial charge in [-0.25, -0.2) is 0 Å². The summed E-state index contributed by atoms with van der Waals surface area (Å²) in [6.45, 7) is 24.5. The van der Waals surface area contributed by atoms with Crippen molar-refractivity contribution in [2.75, 3.05) is 7.11 Å². The summed E-state index contributed by atoms with van der Waals surface area (Å²) in [6, 6.07) is 0. The molecular formula is C26H50O4Si2. The van der Waals surface area contributed by atoms with E-state index in [9.17, 15) is 5.11 Å². The second kappa shape index (κ2) is 11.8. The lowest BCUT2D eigenvalue weighted by molar-refractivity contribution is -0.158. The molecule has 32 heavy (non-hydrogen) atoms. The number of hydrogen-bond donors (Lipinski definition) is 1. The Hall–Kier alpha value is -0.426. The zero-order valence-corrected chi connectivity index (χ0v) is 24.8. The Morgan fingerprint density at radius 3 is 2.16 bits per heavy atom. The van der Waals surface area contributed by atoms with Gasteiger partial charge in [0.1, 0.15) is 14.2 Å².